The van der Waals surface area contributed by atoms with Crippen LogP contribution in [-0.2, 0) is 9.84 Å². The zero-order chi connectivity index (χ0) is 18.4. The fraction of sp³-hybridized carbons (Fsp3) is 0.500. The first-order chi connectivity index (χ1) is 11.8. The van der Waals surface area contributed by atoms with E-state index in [9.17, 15) is 13.2 Å². The van der Waals surface area contributed by atoms with Gasteiger partial charge in [-0.1, -0.05) is 29.8 Å². The van der Waals surface area contributed by atoms with E-state index in [-0.39, 0.29) is 23.6 Å². The summed E-state index contributed by atoms with van der Waals surface area (Å²) in [6, 6.07) is 7.46. The van der Waals surface area contributed by atoms with Crippen molar-refractivity contribution in [1.82, 2.24) is 15.1 Å². The number of nitrogens with one attached hydrogen (secondary N) is 1. The third-order valence-electron chi connectivity index (χ3n) is 4.26. The molecule has 1 unspecified atom stereocenters. The Morgan fingerprint density at radius 2 is 1.92 bits per heavy atom. The number of amides is 2. The van der Waals surface area contributed by atoms with E-state index in [0.29, 0.717) is 19.5 Å². The third kappa shape index (κ3) is 6.17. The van der Waals surface area contributed by atoms with E-state index < -0.39 is 9.84 Å². The highest BCUT2D eigenvalue weighted by Crippen LogP contribution is 2.18. The number of hydrogen-bond donors (Lipinski definition) is 1. The minimum absolute atomic E-state index is 0.0511. The van der Waals surface area contributed by atoms with E-state index in [2.05, 4.69) is 5.32 Å². The lowest BCUT2D eigenvalue weighted by Crippen LogP contribution is -2.48. The molecule has 0 aliphatic carbocycles. The highest BCUT2D eigenvalue weighted by atomic mass is 32.2. The molecule has 138 valence electrons. The minimum Gasteiger partial charge on any atom is -0.319 e. The Balaban J connectivity index is 2.00. The molecule has 2 amide bonds. The van der Waals surface area contributed by atoms with E-state index in [0.717, 1.165) is 5.56 Å². The number of carbonyl (C=O) groups is 1. The van der Waals surface area contributed by atoms with Gasteiger partial charge in [0.2, 0.25) is 0 Å². The van der Waals surface area contributed by atoms with Gasteiger partial charge in [-0.25, -0.2) is 13.2 Å². The molecule has 0 bridgehead atoms. The maximum atomic E-state index is 12.5. The van der Waals surface area contributed by atoms with Crippen LogP contribution >= 0.6 is 0 Å². The number of sulfone groups is 1. The first kappa shape index (κ1) is 19.5. The predicted octanol–water partition coefficient (Wildman–Crippen LogP) is 1.73. The second-order valence-electron chi connectivity index (χ2n) is 6.75. The summed E-state index contributed by atoms with van der Waals surface area (Å²) in [4.78, 5) is 16.2. The van der Waals surface area contributed by atoms with Crippen molar-refractivity contribution in [2.45, 2.75) is 19.4 Å². The van der Waals surface area contributed by atoms with Gasteiger partial charge in [-0.3, -0.25) is 0 Å². The van der Waals surface area contributed by atoms with Crippen LogP contribution in [0, 0.1) is 6.92 Å². The van der Waals surface area contributed by atoms with E-state index in [1.807, 2.05) is 56.3 Å². The summed E-state index contributed by atoms with van der Waals surface area (Å²) in [5.74, 6) is 0.206. The lowest BCUT2D eigenvalue weighted by atomic mass is 10.1. The van der Waals surface area contributed by atoms with E-state index in [1.165, 1.54) is 5.56 Å². The van der Waals surface area contributed by atoms with Crippen LogP contribution in [0.5, 0.6) is 0 Å². The van der Waals surface area contributed by atoms with Crippen molar-refractivity contribution in [1.29, 1.82) is 0 Å². The van der Waals surface area contributed by atoms with Gasteiger partial charge < -0.3 is 15.1 Å². The smallest absolute Gasteiger partial charge is 0.319 e. The molecule has 1 N–H and O–H groups in total. The second kappa shape index (κ2) is 8.49. The van der Waals surface area contributed by atoms with E-state index >= 15 is 0 Å². The van der Waals surface area contributed by atoms with Crippen LogP contribution in [0.25, 0.3) is 6.08 Å². The minimum atomic E-state index is -3.03. The number of hydrogen-bond acceptors (Lipinski definition) is 4. The second-order valence-corrected chi connectivity index (χ2v) is 8.98. The summed E-state index contributed by atoms with van der Waals surface area (Å²) in [5.41, 5.74) is 2.17. The number of urea groups is 1. The van der Waals surface area contributed by atoms with Gasteiger partial charge in [-0.2, -0.15) is 0 Å². The topological polar surface area (TPSA) is 69.7 Å². The Kier molecular flexibility index (Phi) is 6.61. The maximum absolute atomic E-state index is 12.5. The zero-order valence-corrected chi connectivity index (χ0v) is 15.9. The number of nitrogens with zero attached hydrogens (tertiary/aromatic N) is 2. The van der Waals surface area contributed by atoms with E-state index in [1.54, 1.807) is 11.1 Å². The summed E-state index contributed by atoms with van der Waals surface area (Å²) >= 11 is 0. The molecule has 2 rings (SSSR count). The molecule has 1 atom stereocenters. The van der Waals surface area contributed by atoms with Gasteiger partial charge in [0.05, 0.1) is 11.5 Å². The fourth-order valence-electron chi connectivity index (χ4n) is 2.75. The van der Waals surface area contributed by atoms with Crippen LogP contribution in [0.3, 0.4) is 0 Å². The molecule has 25 heavy (non-hydrogen) atoms. The molecule has 0 spiro atoms. The molecule has 1 aliphatic heterocycles. The Bertz CT molecular complexity index is 712. The molecule has 1 saturated heterocycles. The highest BCUT2D eigenvalue weighted by Gasteiger charge is 2.34. The Hall–Kier alpha value is -1.86. The molecular formula is C18H27N3O3S. The van der Waals surface area contributed by atoms with Gasteiger partial charge in [-0.15, -0.1) is 0 Å². The molecule has 0 saturated carbocycles. The first-order valence-electron chi connectivity index (χ1n) is 8.42. The van der Waals surface area contributed by atoms with Crippen LogP contribution in [0.2, 0.25) is 0 Å². The van der Waals surface area contributed by atoms with Crippen molar-refractivity contribution in [2.75, 3.05) is 38.7 Å². The van der Waals surface area contributed by atoms with Crippen LogP contribution in [-0.4, -0.2) is 69.0 Å². The van der Waals surface area contributed by atoms with Crippen LogP contribution < -0.4 is 5.32 Å². The van der Waals surface area contributed by atoms with Crippen LogP contribution in [0.4, 0.5) is 4.79 Å². The van der Waals surface area contributed by atoms with Gasteiger partial charge in [-0.05, 0) is 39.1 Å². The number of aryl methyl sites for hydroxylation is 1. The standard InChI is InChI=1S/C18H27N3O3S/c1-15-4-6-16(7-5-15)8-10-19-18(22)21(12-11-20(2)3)17-9-13-25(23,24)14-17/h4-8,10,17H,9,11-14H2,1-3H3,(H,19,22)/b10-8+. The van der Waals surface area contributed by atoms with Crippen molar-refractivity contribution < 1.29 is 13.2 Å². The molecule has 1 aliphatic rings. The quantitative estimate of drug-likeness (QED) is 0.833. The number of likely N-dealkylation sites (N-methyl/N-ethyl adjacent to an activating group) is 1. The molecule has 1 aromatic rings. The molecule has 7 heteroatoms. The number of rotatable bonds is 6. The van der Waals surface area contributed by atoms with Crippen molar-refractivity contribution in [3.05, 3.63) is 41.6 Å². The summed E-state index contributed by atoms with van der Waals surface area (Å²) in [5, 5.41) is 2.77. The Labute approximate surface area is 150 Å². The molecular weight excluding hydrogens is 338 g/mol. The van der Waals surface area contributed by atoms with Crippen molar-refractivity contribution >= 4 is 21.9 Å². The molecule has 1 aromatic carbocycles. The van der Waals surface area contributed by atoms with Crippen LogP contribution in [0.15, 0.2) is 30.5 Å². The Morgan fingerprint density at radius 3 is 2.48 bits per heavy atom. The summed E-state index contributed by atoms with van der Waals surface area (Å²) in [6.45, 7) is 3.20. The first-order valence-corrected chi connectivity index (χ1v) is 10.2. The SMILES string of the molecule is Cc1ccc(/C=C/NC(=O)N(CCN(C)C)C2CCS(=O)(=O)C2)cc1. The number of carbonyl (C=O) groups excluding carboxylic acids is 1. The van der Waals surface area contributed by atoms with Crippen LogP contribution in [0.1, 0.15) is 17.5 Å². The Morgan fingerprint density at radius 1 is 1.24 bits per heavy atom. The number of benzene rings is 1. The average molecular weight is 365 g/mol. The normalized spacial score (nSPS) is 19.4. The molecule has 0 aromatic heterocycles. The maximum Gasteiger partial charge on any atom is 0.321 e. The molecule has 0 radical (unpaired) electrons. The summed E-state index contributed by atoms with van der Waals surface area (Å²) in [7, 11) is 0.825. The zero-order valence-electron chi connectivity index (χ0n) is 15.1. The van der Waals surface area contributed by atoms with E-state index in [4.69, 9.17) is 0 Å². The van der Waals surface area contributed by atoms with Gasteiger partial charge in [0.1, 0.15) is 0 Å². The monoisotopic (exact) mass is 365 g/mol. The van der Waals surface area contributed by atoms with Gasteiger partial charge >= 0.3 is 6.03 Å². The predicted molar refractivity (Wildman–Crippen MR) is 101 cm³/mol. The molecule has 1 heterocycles. The van der Waals surface area contributed by atoms with Crippen molar-refractivity contribution in [3.8, 4) is 0 Å². The third-order valence-corrected chi connectivity index (χ3v) is 6.01. The van der Waals surface area contributed by atoms with Gasteiger partial charge in [0.15, 0.2) is 9.84 Å². The average Bonchev–Trinajstić information content (AvgIpc) is 2.89. The lowest BCUT2D eigenvalue weighted by Gasteiger charge is -2.29. The molecule has 6 nitrogen and oxygen atoms in total. The summed E-state index contributed by atoms with van der Waals surface area (Å²) < 4.78 is 23.5. The van der Waals surface area contributed by atoms with Crippen molar-refractivity contribution in [2.24, 2.45) is 0 Å². The summed E-state index contributed by atoms with van der Waals surface area (Å²) in [6.07, 6.45) is 3.94. The van der Waals surface area contributed by atoms with Crippen molar-refractivity contribution in [3.63, 3.8) is 0 Å². The van der Waals surface area contributed by atoms with Gasteiger partial charge in [0.25, 0.3) is 0 Å². The molecule has 1 fully saturated rings. The highest BCUT2D eigenvalue weighted by molar-refractivity contribution is 7.91. The van der Waals surface area contributed by atoms with Gasteiger partial charge in [0, 0.05) is 25.3 Å². The largest absolute Gasteiger partial charge is 0.321 e. The fourth-order valence-corrected chi connectivity index (χ4v) is 4.48. The lowest BCUT2D eigenvalue weighted by molar-refractivity contribution is 0.176.